The fourth-order valence-electron chi connectivity index (χ4n) is 1.16. The van der Waals surface area contributed by atoms with Gasteiger partial charge in [-0.2, -0.15) is 0 Å². The summed E-state index contributed by atoms with van der Waals surface area (Å²) in [6, 6.07) is 0. The number of halogens is 4. The molecule has 0 amide bonds. The van der Waals surface area contributed by atoms with Crippen LogP contribution in [0.3, 0.4) is 0 Å². The number of nitro groups is 1. The third-order valence-electron chi connectivity index (χ3n) is 1.87. The van der Waals surface area contributed by atoms with Gasteiger partial charge in [0.15, 0.2) is 5.75 Å². The van der Waals surface area contributed by atoms with Crippen molar-refractivity contribution >= 4 is 21.6 Å². The predicted molar refractivity (Wildman–Crippen MR) is 54.9 cm³/mol. The molecule has 0 spiro atoms. The van der Waals surface area contributed by atoms with Gasteiger partial charge in [0.25, 0.3) is 5.69 Å². The molecule has 0 aliphatic carbocycles. The molecule has 0 radical (unpaired) electrons. The summed E-state index contributed by atoms with van der Waals surface area (Å²) in [6.07, 6.45) is -4.02. The molecule has 0 unspecified atom stereocenters. The lowest BCUT2D eigenvalue weighted by atomic mass is 10.2. The molecule has 0 aliphatic heterocycles. The van der Waals surface area contributed by atoms with Gasteiger partial charge in [-0.1, -0.05) is 15.9 Å². The lowest BCUT2D eigenvalue weighted by molar-refractivity contribution is -0.386. The van der Waals surface area contributed by atoms with Gasteiger partial charge in [0, 0.05) is 5.33 Å². The molecule has 0 atom stereocenters. The number of hydrogen-bond donors (Lipinski definition) is 0. The van der Waals surface area contributed by atoms with Crippen LogP contribution in [0.25, 0.3) is 0 Å². The lowest BCUT2D eigenvalue weighted by Gasteiger charge is -2.13. The van der Waals surface area contributed by atoms with Crippen LogP contribution in [-0.4, -0.2) is 16.3 Å². The second-order valence-electron chi connectivity index (χ2n) is 2.98. The van der Waals surface area contributed by atoms with Gasteiger partial charge in [-0.25, -0.2) is 4.98 Å². The van der Waals surface area contributed by atoms with E-state index in [1.54, 1.807) is 0 Å². The third-order valence-corrected chi connectivity index (χ3v) is 2.40. The zero-order valence-electron chi connectivity index (χ0n) is 8.42. The minimum Gasteiger partial charge on any atom is -0.403 e. The van der Waals surface area contributed by atoms with E-state index in [1.807, 2.05) is 0 Å². The molecule has 0 saturated heterocycles. The molecule has 0 aliphatic rings. The van der Waals surface area contributed by atoms with Gasteiger partial charge >= 0.3 is 6.36 Å². The molecule has 9 heteroatoms. The maximum Gasteiger partial charge on any atom is 0.573 e. The molecule has 1 heterocycles. The monoisotopic (exact) mass is 314 g/mol. The van der Waals surface area contributed by atoms with Crippen molar-refractivity contribution in [3.63, 3.8) is 0 Å². The molecule has 5 nitrogen and oxygen atoms in total. The molecule has 1 rings (SSSR count). The SMILES string of the molecule is Cc1c([N+](=O)[O-])cnc(CBr)c1OC(F)(F)F. The minimum absolute atomic E-state index is 0.00273. The van der Waals surface area contributed by atoms with Gasteiger partial charge < -0.3 is 4.74 Å². The predicted octanol–water partition coefficient (Wildman–Crippen LogP) is 3.09. The van der Waals surface area contributed by atoms with Crippen LogP contribution in [0.15, 0.2) is 6.20 Å². The van der Waals surface area contributed by atoms with Gasteiger partial charge in [0.2, 0.25) is 0 Å². The summed E-state index contributed by atoms with van der Waals surface area (Å²) in [4.78, 5) is 13.3. The highest BCUT2D eigenvalue weighted by Crippen LogP contribution is 2.34. The molecule has 0 bridgehead atoms. The van der Waals surface area contributed by atoms with E-state index in [0.717, 1.165) is 6.20 Å². The molecule has 0 saturated carbocycles. The number of ether oxygens (including phenoxy) is 1. The zero-order chi connectivity index (χ0) is 13.2. The highest BCUT2D eigenvalue weighted by molar-refractivity contribution is 9.08. The smallest absolute Gasteiger partial charge is 0.403 e. The van der Waals surface area contributed by atoms with E-state index in [1.165, 1.54) is 6.92 Å². The van der Waals surface area contributed by atoms with Crippen molar-refractivity contribution in [1.82, 2.24) is 4.98 Å². The largest absolute Gasteiger partial charge is 0.573 e. The summed E-state index contributed by atoms with van der Waals surface area (Å²) in [5.41, 5.74) is -0.781. The Morgan fingerprint density at radius 1 is 1.59 bits per heavy atom. The van der Waals surface area contributed by atoms with Crippen molar-refractivity contribution in [1.29, 1.82) is 0 Å². The number of pyridine rings is 1. The Hall–Kier alpha value is -1.38. The Bertz CT molecular complexity index is 450. The molecule has 0 aromatic carbocycles. The van der Waals surface area contributed by atoms with Crippen LogP contribution in [0.4, 0.5) is 18.9 Å². The number of nitrogens with zero attached hydrogens (tertiary/aromatic N) is 2. The van der Waals surface area contributed by atoms with Crippen molar-refractivity contribution in [3.8, 4) is 5.75 Å². The second kappa shape index (κ2) is 4.86. The lowest BCUT2D eigenvalue weighted by Crippen LogP contribution is -2.19. The summed E-state index contributed by atoms with van der Waals surface area (Å²) in [6.45, 7) is 1.17. The summed E-state index contributed by atoms with van der Waals surface area (Å²) in [7, 11) is 0. The van der Waals surface area contributed by atoms with Crippen molar-refractivity contribution in [3.05, 3.63) is 27.6 Å². The molecule has 17 heavy (non-hydrogen) atoms. The number of rotatable bonds is 3. The Labute approximate surface area is 102 Å². The third kappa shape index (κ3) is 3.29. The highest BCUT2D eigenvalue weighted by atomic mass is 79.9. The van der Waals surface area contributed by atoms with E-state index in [-0.39, 0.29) is 16.6 Å². The first-order valence-corrected chi connectivity index (χ1v) is 5.33. The maximum absolute atomic E-state index is 12.1. The first kappa shape index (κ1) is 13.7. The summed E-state index contributed by atoms with van der Waals surface area (Å²) in [5.74, 6) is -0.636. The van der Waals surface area contributed by atoms with E-state index in [9.17, 15) is 23.3 Å². The Morgan fingerprint density at radius 2 is 2.18 bits per heavy atom. The Balaban J connectivity index is 3.32. The average Bonchev–Trinajstić information content (AvgIpc) is 2.18. The van der Waals surface area contributed by atoms with Crippen LogP contribution in [0.2, 0.25) is 0 Å². The fraction of sp³-hybridized carbons (Fsp3) is 0.375. The van der Waals surface area contributed by atoms with E-state index in [4.69, 9.17) is 0 Å². The first-order valence-electron chi connectivity index (χ1n) is 4.21. The van der Waals surface area contributed by atoms with Crippen molar-refractivity contribution in [2.75, 3.05) is 0 Å². The standard InChI is InChI=1S/C8H6BrF3N2O3/c1-4-6(14(15)16)3-13-5(2-9)7(4)17-8(10,11)12/h3H,2H2,1H3. The molecule has 1 aromatic rings. The van der Waals surface area contributed by atoms with Gasteiger partial charge in [0.1, 0.15) is 6.20 Å². The molecule has 0 N–H and O–H groups in total. The molecule has 0 fully saturated rings. The van der Waals surface area contributed by atoms with Gasteiger partial charge in [-0.3, -0.25) is 10.1 Å². The van der Waals surface area contributed by atoms with Crippen molar-refractivity contribution in [2.24, 2.45) is 0 Å². The number of alkyl halides is 4. The first-order chi connectivity index (χ1) is 7.76. The quantitative estimate of drug-likeness (QED) is 0.488. The van der Waals surface area contributed by atoms with Crippen LogP contribution in [-0.2, 0) is 5.33 Å². The van der Waals surface area contributed by atoms with E-state index in [2.05, 4.69) is 25.7 Å². The van der Waals surface area contributed by atoms with Gasteiger partial charge in [-0.05, 0) is 6.92 Å². The summed E-state index contributed by atoms with van der Waals surface area (Å²) in [5, 5.41) is 10.6. The summed E-state index contributed by atoms with van der Waals surface area (Å²) < 4.78 is 40.2. The number of aromatic nitrogens is 1. The summed E-state index contributed by atoms with van der Waals surface area (Å²) >= 11 is 2.93. The fourth-order valence-corrected chi connectivity index (χ4v) is 1.56. The minimum atomic E-state index is -4.92. The molecular weight excluding hydrogens is 309 g/mol. The molecule has 94 valence electrons. The van der Waals surface area contributed by atoms with E-state index in [0.29, 0.717) is 0 Å². The topological polar surface area (TPSA) is 65.3 Å². The van der Waals surface area contributed by atoms with Crippen LogP contribution in [0, 0.1) is 17.0 Å². The van der Waals surface area contributed by atoms with Crippen LogP contribution in [0.5, 0.6) is 5.75 Å². The van der Waals surface area contributed by atoms with Crippen molar-refractivity contribution < 1.29 is 22.8 Å². The van der Waals surface area contributed by atoms with E-state index >= 15 is 0 Å². The van der Waals surface area contributed by atoms with Gasteiger partial charge in [-0.15, -0.1) is 13.2 Å². The second-order valence-corrected chi connectivity index (χ2v) is 3.54. The normalized spacial score (nSPS) is 11.4. The van der Waals surface area contributed by atoms with Gasteiger partial charge in [0.05, 0.1) is 16.2 Å². The maximum atomic E-state index is 12.1. The zero-order valence-corrected chi connectivity index (χ0v) is 10.0. The van der Waals surface area contributed by atoms with Crippen molar-refractivity contribution in [2.45, 2.75) is 18.6 Å². The van der Waals surface area contributed by atoms with Crippen LogP contribution in [0.1, 0.15) is 11.3 Å². The van der Waals surface area contributed by atoms with Crippen LogP contribution < -0.4 is 4.74 Å². The molecule has 1 aromatic heterocycles. The Kier molecular flexibility index (Phi) is 3.91. The molecular formula is C8H6BrF3N2O3. The highest BCUT2D eigenvalue weighted by Gasteiger charge is 2.34. The number of hydrogen-bond acceptors (Lipinski definition) is 4. The van der Waals surface area contributed by atoms with Crippen LogP contribution >= 0.6 is 15.9 Å². The van der Waals surface area contributed by atoms with E-state index < -0.39 is 22.7 Å². The average molecular weight is 315 g/mol. The Morgan fingerprint density at radius 3 is 2.59 bits per heavy atom.